The zero-order chi connectivity index (χ0) is 19.2. The number of hydrogen-bond acceptors (Lipinski definition) is 6. The summed E-state index contributed by atoms with van der Waals surface area (Å²) in [6, 6.07) is 13.4. The number of anilines is 1. The van der Waals surface area contributed by atoms with Crippen LogP contribution in [0.15, 0.2) is 59.5 Å². The molecule has 1 aromatic carbocycles. The summed E-state index contributed by atoms with van der Waals surface area (Å²) in [6.07, 6.45) is 1.57. The fourth-order valence-electron chi connectivity index (χ4n) is 2.48. The van der Waals surface area contributed by atoms with Crippen LogP contribution in [0.25, 0.3) is 11.3 Å². The Kier molecular flexibility index (Phi) is 5.46. The highest BCUT2D eigenvalue weighted by Gasteiger charge is 2.13. The summed E-state index contributed by atoms with van der Waals surface area (Å²) in [5, 5.41) is 6.92. The average Bonchev–Trinajstić information content (AvgIpc) is 2.70. The van der Waals surface area contributed by atoms with Crippen LogP contribution in [0.3, 0.4) is 0 Å². The Bertz CT molecular complexity index is 1000. The molecule has 8 heteroatoms. The van der Waals surface area contributed by atoms with Crippen molar-refractivity contribution in [3.05, 3.63) is 65.1 Å². The van der Waals surface area contributed by atoms with Crippen molar-refractivity contribution < 1.29 is 14.3 Å². The molecule has 2 aromatic heterocycles. The second-order valence-corrected chi connectivity index (χ2v) is 5.54. The van der Waals surface area contributed by atoms with E-state index in [2.05, 4.69) is 15.4 Å². The Balaban J connectivity index is 1.89. The van der Waals surface area contributed by atoms with Crippen LogP contribution in [0, 0.1) is 0 Å². The molecule has 0 atom stereocenters. The number of carbonyl (C=O) groups excluding carboxylic acids is 1. The van der Waals surface area contributed by atoms with Crippen LogP contribution in [0.2, 0.25) is 0 Å². The average molecular weight is 366 g/mol. The molecule has 2 heterocycles. The van der Waals surface area contributed by atoms with Crippen molar-refractivity contribution in [1.29, 1.82) is 0 Å². The molecular weight excluding hydrogens is 348 g/mol. The van der Waals surface area contributed by atoms with Crippen molar-refractivity contribution in [2.75, 3.05) is 19.5 Å². The second-order valence-electron chi connectivity index (χ2n) is 5.54. The third-order valence-corrected chi connectivity index (χ3v) is 3.77. The number of benzene rings is 1. The Morgan fingerprint density at radius 2 is 1.96 bits per heavy atom. The lowest BCUT2D eigenvalue weighted by atomic mass is 10.1. The molecule has 0 saturated carbocycles. The fourth-order valence-corrected chi connectivity index (χ4v) is 2.48. The lowest BCUT2D eigenvalue weighted by molar-refractivity contribution is -0.117. The van der Waals surface area contributed by atoms with E-state index < -0.39 is 11.5 Å². The van der Waals surface area contributed by atoms with Crippen LogP contribution in [0.5, 0.6) is 11.5 Å². The first kappa shape index (κ1) is 18.1. The first-order chi connectivity index (χ1) is 13.1. The lowest BCUT2D eigenvalue weighted by Crippen LogP contribution is -2.29. The topological polar surface area (TPSA) is 95.3 Å². The summed E-state index contributed by atoms with van der Waals surface area (Å²) >= 11 is 0. The largest absolute Gasteiger partial charge is 0.497 e. The summed E-state index contributed by atoms with van der Waals surface area (Å²) in [7, 11) is 3.10. The number of rotatable bonds is 6. The van der Waals surface area contributed by atoms with Gasteiger partial charge in [0.15, 0.2) is 0 Å². The number of aromatic nitrogens is 3. The minimum atomic E-state index is -0.405. The number of ether oxygens (including phenoxy) is 2. The zero-order valence-electron chi connectivity index (χ0n) is 14.9. The molecule has 27 heavy (non-hydrogen) atoms. The van der Waals surface area contributed by atoms with Gasteiger partial charge in [-0.1, -0.05) is 6.07 Å². The first-order valence-electron chi connectivity index (χ1n) is 8.12. The molecule has 0 aliphatic heterocycles. The van der Waals surface area contributed by atoms with Crippen LogP contribution < -0.4 is 20.3 Å². The minimum absolute atomic E-state index is 0.241. The SMILES string of the molecule is COc1ccc(OC)c(-c2ccc(=O)n(CC(=O)Nc3ccccn3)n2)c1. The van der Waals surface area contributed by atoms with Crippen molar-refractivity contribution >= 4 is 11.7 Å². The Hall–Kier alpha value is -3.68. The van der Waals surface area contributed by atoms with Crippen molar-refractivity contribution in [3.63, 3.8) is 0 Å². The number of nitrogens with one attached hydrogen (secondary N) is 1. The van der Waals surface area contributed by atoms with Gasteiger partial charge in [0.25, 0.3) is 5.56 Å². The van der Waals surface area contributed by atoms with E-state index in [1.807, 2.05) is 0 Å². The van der Waals surface area contributed by atoms with Gasteiger partial charge in [0.1, 0.15) is 23.9 Å². The van der Waals surface area contributed by atoms with E-state index in [9.17, 15) is 9.59 Å². The predicted octanol–water partition coefficient (Wildman–Crippen LogP) is 1.96. The molecule has 138 valence electrons. The van der Waals surface area contributed by atoms with Gasteiger partial charge in [-0.15, -0.1) is 0 Å². The molecule has 3 aromatic rings. The number of methoxy groups -OCH3 is 2. The van der Waals surface area contributed by atoms with Gasteiger partial charge < -0.3 is 14.8 Å². The maximum Gasteiger partial charge on any atom is 0.267 e. The van der Waals surface area contributed by atoms with Crippen molar-refractivity contribution in [2.24, 2.45) is 0 Å². The second kappa shape index (κ2) is 8.13. The highest BCUT2D eigenvalue weighted by Crippen LogP contribution is 2.31. The van der Waals surface area contributed by atoms with E-state index in [0.717, 1.165) is 4.68 Å². The monoisotopic (exact) mass is 366 g/mol. The van der Waals surface area contributed by atoms with E-state index in [4.69, 9.17) is 9.47 Å². The van der Waals surface area contributed by atoms with Gasteiger partial charge in [0.2, 0.25) is 5.91 Å². The number of nitrogens with zero attached hydrogens (tertiary/aromatic N) is 3. The molecule has 8 nitrogen and oxygen atoms in total. The molecule has 3 rings (SSSR count). The van der Waals surface area contributed by atoms with E-state index in [1.165, 1.54) is 6.07 Å². The smallest absolute Gasteiger partial charge is 0.267 e. The molecule has 0 aliphatic carbocycles. The molecule has 0 aliphatic rings. The predicted molar refractivity (Wildman–Crippen MR) is 99.9 cm³/mol. The molecule has 0 radical (unpaired) electrons. The van der Waals surface area contributed by atoms with E-state index in [1.54, 1.807) is 62.9 Å². The standard InChI is InChI=1S/C19H18N4O4/c1-26-13-6-8-16(27-2)14(11-13)15-7-9-19(25)23(22-15)12-18(24)21-17-5-3-4-10-20-17/h3-11H,12H2,1-2H3,(H,20,21,24). The molecule has 0 fully saturated rings. The van der Waals surface area contributed by atoms with Crippen molar-refractivity contribution in [2.45, 2.75) is 6.54 Å². The van der Waals surface area contributed by atoms with Gasteiger partial charge in [0, 0.05) is 17.8 Å². The Morgan fingerprint density at radius 1 is 1.11 bits per heavy atom. The molecule has 0 bridgehead atoms. The third-order valence-electron chi connectivity index (χ3n) is 3.77. The summed E-state index contributed by atoms with van der Waals surface area (Å²) in [4.78, 5) is 28.3. The quantitative estimate of drug-likeness (QED) is 0.717. The molecular formula is C19H18N4O4. The minimum Gasteiger partial charge on any atom is -0.497 e. The van der Waals surface area contributed by atoms with Gasteiger partial charge in [-0.2, -0.15) is 5.10 Å². The van der Waals surface area contributed by atoms with Crippen LogP contribution in [0.1, 0.15) is 0 Å². The molecule has 1 N–H and O–H groups in total. The van der Waals surface area contributed by atoms with Gasteiger partial charge in [-0.05, 0) is 36.4 Å². The molecule has 0 spiro atoms. The van der Waals surface area contributed by atoms with Gasteiger partial charge in [0.05, 0.1) is 19.9 Å². The molecule has 0 unspecified atom stereocenters. The van der Waals surface area contributed by atoms with Gasteiger partial charge in [-0.3, -0.25) is 9.59 Å². The zero-order valence-corrected chi connectivity index (χ0v) is 14.9. The van der Waals surface area contributed by atoms with E-state index in [0.29, 0.717) is 28.6 Å². The normalized spacial score (nSPS) is 10.3. The molecule has 0 saturated heterocycles. The molecule has 1 amide bonds. The maximum atomic E-state index is 12.2. The first-order valence-corrected chi connectivity index (χ1v) is 8.12. The number of pyridine rings is 1. The van der Waals surface area contributed by atoms with E-state index >= 15 is 0 Å². The van der Waals surface area contributed by atoms with E-state index in [-0.39, 0.29) is 6.54 Å². The van der Waals surface area contributed by atoms with Crippen LogP contribution in [0.4, 0.5) is 5.82 Å². The summed E-state index contributed by atoms with van der Waals surface area (Å²) in [5.74, 6) is 1.20. The summed E-state index contributed by atoms with van der Waals surface area (Å²) < 4.78 is 11.7. The van der Waals surface area contributed by atoms with Crippen LogP contribution in [-0.4, -0.2) is 34.9 Å². The third kappa shape index (κ3) is 4.30. The number of hydrogen-bond donors (Lipinski definition) is 1. The fraction of sp³-hybridized carbons (Fsp3) is 0.158. The Labute approximate surface area is 155 Å². The van der Waals surface area contributed by atoms with Gasteiger partial charge in [-0.25, -0.2) is 9.67 Å². The van der Waals surface area contributed by atoms with Crippen LogP contribution in [-0.2, 0) is 11.3 Å². The number of amides is 1. The van der Waals surface area contributed by atoms with Crippen LogP contribution >= 0.6 is 0 Å². The highest BCUT2D eigenvalue weighted by molar-refractivity contribution is 5.89. The van der Waals surface area contributed by atoms with Gasteiger partial charge >= 0.3 is 0 Å². The maximum absolute atomic E-state index is 12.2. The summed E-state index contributed by atoms with van der Waals surface area (Å²) in [6.45, 7) is -0.241. The highest BCUT2D eigenvalue weighted by atomic mass is 16.5. The Morgan fingerprint density at radius 3 is 2.67 bits per heavy atom. The van der Waals surface area contributed by atoms with Crippen molar-refractivity contribution in [3.8, 4) is 22.8 Å². The summed E-state index contributed by atoms with van der Waals surface area (Å²) in [5.41, 5.74) is 0.739. The number of carbonyl (C=O) groups is 1. The van der Waals surface area contributed by atoms with Crippen molar-refractivity contribution in [1.82, 2.24) is 14.8 Å². The lowest BCUT2D eigenvalue weighted by Gasteiger charge is -2.11.